The van der Waals surface area contributed by atoms with Crippen molar-refractivity contribution in [3.8, 4) is 5.69 Å². The number of hydrogen-bond donors (Lipinski definition) is 0. The van der Waals surface area contributed by atoms with Crippen LogP contribution in [0.15, 0.2) is 170 Å². The summed E-state index contributed by atoms with van der Waals surface area (Å²) in [6, 6.07) is 58.5. The molecule has 1 heterocycles. The van der Waals surface area contributed by atoms with Crippen molar-refractivity contribution < 1.29 is 0 Å². The second kappa shape index (κ2) is 12.0. The van der Waals surface area contributed by atoms with Crippen molar-refractivity contribution in [2.75, 3.05) is 4.90 Å². The Morgan fingerprint density at radius 3 is 2.00 bits per heavy atom. The Balaban J connectivity index is 1.22. The van der Waals surface area contributed by atoms with Crippen LogP contribution in [0.1, 0.15) is 23.7 Å². The number of anilines is 3. The zero-order valence-corrected chi connectivity index (χ0v) is 26.3. The first kappa shape index (κ1) is 28.4. The van der Waals surface area contributed by atoms with Crippen molar-refractivity contribution in [1.82, 2.24) is 4.57 Å². The van der Waals surface area contributed by atoms with Crippen LogP contribution < -0.4 is 4.90 Å². The summed E-state index contributed by atoms with van der Waals surface area (Å²) in [5, 5.41) is 6.11. The first-order chi connectivity index (χ1) is 23.2. The highest BCUT2D eigenvalue weighted by atomic mass is 15.1. The number of benzene rings is 7. The Bertz CT molecular complexity index is 2420. The maximum Gasteiger partial charge on any atom is 0.0541 e. The van der Waals surface area contributed by atoms with Gasteiger partial charge in [0.15, 0.2) is 0 Å². The largest absolute Gasteiger partial charge is 0.310 e. The molecule has 0 aliphatic carbocycles. The van der Waals surface area contributed by atoms with E-state index in [0.29, 0.717) is 0 Å². The molecule has 0 bridgehead atoms. The van der Waals surface area contributed by atoms with E-state index in [1.165, 1.54) is 49.1 Å². The maximum atomic E-state index is 4.27. The van der Waals surface area contributed by atoms with E-state index in [1.54, 1.807) is 0 Å². The molecule has 0 aliphatic rings. The molecule has 0 amide bonds. The van der Waals surface area contributed by atoms with Gasteiger partial charge in [-0.2, -0.15) is 0 Å². The number of fused-ring (bicyclic) bond motifs is 3. The predicted octanol–water partition coefficient (Wildman–Crippen LogP) is 12.6. The van der Waals surface area contributed by atoms with E-state index in [2.05, 4.69) is 193 Å². The van der Waals surface area contributed by atoms with Gasteiger partial charge in [-0.1, -0.05) is 122 Å². The summed E-state index contributed by atoms with van der Waals surface area (Å²) in [6.07, 6.45) is 4.30. The Labute approximate surface area is 275 Å². The number of allylic oxidation sites excluding steroid dienone is 1. The third kappa shape index (κ3) is 5.10. The average molecular weight is 603 g/mol. The van der Waals surface area contributed by atoms with Gasteiger partial charge in [-0.25, -0.2) is 0 Å². The lowest BCUT2D eigenvalue weighted by Gasteiger charge is -2.27. The lowest BCUT2D eigenvalue weighted by Crippen LogP contribution is -2.10. The van der Waals surface area contributed by atoms with Crippen LogP contribution >= 0.6 is 0 Å². The van der Waals surface area contributed by atoms with Crippen molar-refractivity contribution >= 4 is 67.2 Å². The molecule has 0 unspecified atom stereocenters. The fourth-order valence-corrected chi connectivity index (χ4v) is 6.81. The summed E-state index contributed by atoms with van der Waals surface area (Å²) in [4.78, 5) is 2.35. The van der Waals surface area contributed by atoms with E-state index in [4.69, 9.17) is 0 Å². The number of aromatic nitrogens is 1. The van der Waals surface area contributed by atoms with Crippen LogP contribution in [-0.2, 0) is 0 Å². The summed E-state index contributed by atoms with van der Waals surface area (Å²) in [6.45, 7) is 6.47. The molecule has 47 heavy (non-hydrogen) atoms. The zero-order chi connectivity index (χ0) is 31.7. The minimum absolute atomic E-state index is 1.09. The van der Waals surface area contributed by atoms with E-state index in [-0.39, 0.29) is 0 Å². The fraction of sp³-hybridized carbons (Fsp3) is 0.0222. The van der Waals surface area contributed by atoms with Gasteiger partial charge in [0.05, 0.1) is 16.9 Å². The fourth-order valence-electron chi connectivity index (χ4n) is 6.81. The van der Waals surface area contributed by atoms with Crippen molar-refractivity contribution in [3.05, 3.63) is 187 Å². The van der Waals surface area contributed by atoms with Gasteiger partial charge in [0.25, 0.3) is 0 Å². The maximum absolute atomic E-state index is 4.27. The van der Waals surface area contributed by atoms with Crippen LogP contribution in [0.4, 0.5) is 17.1 Å². The van der Waals surface area contributed by atoms with Gasteiger partial charge in [-0.15, -0.1) is 0 Å². The number of para-hydroxylation sites is 2. The normalized spacial score (nSPS) is 11.7. The van der Waals surface area contributed by atoms with Crippen LogP contribution in [0.5, 0.6) is 0 Å². The van der Waals surface area contributed by atoms with Crippen molar-refractivity contribution in [2.45, 2.75) is 6.92 Å². The molecule has 0 radical (unpaired) electrons. The molecule has 7 aromatic carbocycles. The van der Waals surface area contributed by atoms with Gasteiger partial charge in [0, 0.05) is 33.4 Å². The minimum Gasteiger partial charge on any atom is -0.310 e. The molecule has 0 spiro atoms. The second-order valence-corrected chi connectivity index (χ2v) is 11.9. The van der Waals surface area contributed by atoms with E-state index < -0.39 is 0 Å². The van der Waals surface area contributed by atoms with Gasteiger partial charge >= 0.3 is 0 Å². The number of nitrogens with zero attached hydrogens (tertiary/aromatic N) is 2. The minimum atomic E-state index is 1.09. The molecule has 0 N–H and O–H groups in total. The van der Waals surface area contributed by atoms with Crippen LogP contribution in [0, 0.1) is 0 Å². The lowest BCUT2D eigenvalue weighted by molar-refractivity contribution is 1.11. The van der Waals surface area contributed by atoms with Gasteiger partial charge in [-0.3, -0.25) is 0 Å². The SMILES string of the molecule is C=Cc1c(/C=C(\C)c2ccc(N(c3ccccc3)c3cccc4ccccc34)cc2)c2ccccc2n1-c1ccc2ccccc2c1. The summed E-state index contributed by atoms with van der Waals surface area (Å²) in [7, 11) is 0. The predicted molar refractivity (Wildman–Crippen MR) is 203 cm³/mol. The third-order valence-electron chi connectivity index (χ3n) is 9.10. The zero-order valence-electron chi connectivity index (χ0n) is 26.3. The number of hydrogen-bond acceptors (Lipinski definition) is 1. The highest BCUT2D eigenvalue weighted by molar-refractivity contribution is 6.01. The van der Waals surface area contributed by atoms with Gasteiger partial charge in [0.2, 0.25) is 0 Å². The molecule has 1 aromatic heterocycles. The monoisotopic (exact) mass is 602 g/mol. The second-order valence-electron chi connectivity index (χ2n) is 11.9. The summed E-state index contributed by atoms with van der Waals surface area (Å²) < 4.78 is 2.33. The molecule has 0 fully saturated rings. The summed E-state index contributed by atoms with van der Waals surface area (Å²) in [5.41, 5.74) is 10.3. The van der Waals surface area contributed by atoms with E-state index in [9.17, 15) is 0 Å². The Hall–Kier alpha value is -6.12. The summed E-state index contributed by atoms with van der Waals surface area (Å²) >= 11 is 0. The molecule has 8 aromatic rings. The molecule has 2 nitrogen and oxygen atoms in total. The summed E-state index contributed by atoms with van der Waals surface area (Å²) in [5.74, 6) is 0. The molecule has 2 heteroatoms. The first-order valence-electron chi connectivity index (χ1n) is 16.1. The van der Waals surface area contributed by atoms with Crippen molar-refractivity contribution in [2.24, 2.45) is 0 Å². The van der Waals surface area contributed by atoms with Crippen LogP contribution in [0.2, 0.25) is 0 Å². The van der Waals surface area contributed by atoms with E-state index >= 15 is 0 Å². The lowest BCUT2D eigenvalue weighted by atomic mass is 10.0. The molecule has 0 saturated carbocycles. The first-order valence-corrected chi connectivity index (χ1v) is 16.1. The van der Waals surface area contributed by atoms with Crippen LogP contribution in [-0.4, -0.2) is 4.57 Å². The third-order valence-corrected chi connectivity index (χ3v) is 9.10. The van der Waals surface area contributed by atoms with E-state index in [0.717, 1.165) is 28.4 Å². The number of rotatable bonds is 7. The Morgan fingerprint density at radius 2 is 1.21 bits per heavy atom. The van der Waals surface area contributed by atoms with Crippen LogP contribution in [0.25, 0.3) is 55.9 Å². The Morgan fingerprint density at radius 1 is 0.574 bits per heavy atom. The molecule has 0 atom stereocenters. The average Bonchev–Trinajstić information content (AvgIpc) is 3.45. The highest BCUT2D eigenvalue weighted by Gasteiger charge is 2.17. The quantitative estimate of drug-likeness (QED) is 0.176. The highest BCUT2D eigenvalue weighted by Crippen LogP contribution is 2.40. The van der Waals surface area contributed by atoms with E-state index in [1.807, 2.05) is 6.08 Å². The molecular weight excluding hydrogens is 569 g/mol. The van der Waals surface area contributed by atoms with Crippen molar-refractivity contribution in [1.29, 1.82) is 0 Å². The van der Waals surface area contributed by atoms with Crippen LogP contribution in [0.3, 0.4) is 0 Å². The van der Waals surface area contributed by atoms with Gasteiger partial charge in [-0.05, 0) is 94.9 Å². The molecule has 224 valence electrons. The molecule has 0 saturated heterocycles. The van der Waals surface area contributed by atoms with Gasteiger partial charge < -0.3 is 9.47 Å². The molecule has 8 rings (SSSR count). The molecule has 0 aliphatic heterocycles. The smallest absolute Gasteiger partial charge is 0.0541 e. The topological polar surface area (TPSA) is 8.17 Å². The standard InChI is InChI=1S/C45H34N2/c1-3-43-42(41-21-11-12-22-45(41)47(43)39-29-26-34-14-7-8-16-36(34)31-39)30-32(2)33-24-27-38(28-25-33)46(37-18-5-4-6-19-37)44-23-13-17-35-15-9-10-20-40(35)44/h3-31H,1H2,2H3/b32-30+. The Kier molecular flexibility index (Phi) is 7.24. The van der Waals surface area contributed by atoms with Gasteiger partial charge in [0.1, 0.15) is 0 Å². The molecular formula is C45H34N2. The van der Waals surface area contributed by atoms with Crippen molar-refractivity contribution in [3.63, 3.8) is 0 Å².